The maximum absolute atomic E-state index is 12.3. The van der Waals surface area contributed by atoms with Crippen LogP contribution in [0.3, 0.4) is 0 Å². The summed E-state index contributed by atoms with van der Waals surface area (Å²) in [5.74, 6) is 2.48. The SMILES string of the molecule is CC(C)NC(=O)CN1CCN(C(=O)CC2CSCCN2)CC1. The van der Waals surface area contributed by atoms with Crippen LogP contribution in [0.1, 0.15) is 20.3 Å². The molecule has 22 heavy (non-hydrogen) atoms. The van der Waals surface area contributed by atoms with Crippen LogP contribution in [0, 0.1) is 0 Å². The molecule has 2 N–H and O–H groups in total. The van der Waals surface area contributed by atoms with Gasteiger partial charge in [0.2, 0.25) is 11.8 Å². The normalized spacial score (nSPS) is 23.6. The monoisotopic (exact) mass is 328 g/mol. The molecule has 2 fully saturated rings. The molecule has 6 nitrogen and oxygen atoms in total. The lowest BCUT2D eigenvalue weighted by Crippen LogP contribution is -2.52. The summed E-state index contributed by atoms with van der Waals surface area (Å²) in [7, 11) is 0. The second kappa shape index (κ2) is 8.74. The molecule has 1 atom stereocenters. The fraction of sp³-hybridized carbons (Fsp3) is 0.867. The lowest BCUT2D eigenvalue weighted by molar-refractivity contribution is -0.133. The van der Waals surface area contributed by atoms with E-state index in [1.807, 2.05) is 30.5 Å². The quantitative estimate of drug-likeness (QED) is 0.729. The van der Waals surface area contributed by atoms with E-state index in [4.69, 9.17) is 0 Å². The average Bonchev–Trinajstić information content (AvgIpc) is 2.48. The van der Waals surface area contributed by atoms with E-state index in [-0.39, 0.29) is 17.9 Å². The van der Waals surface area contributed by atoms with Gasteiger partial charge in [-0.25, -0.2) is 0 Å². The number of hydrogen-bond donors (Lipinski definition) is 2. The summed E-state index contributed by atoms with van der Waals surface area (Å²) in [6, 6.07) is 0.498. The Morgan fingerprint density at radius 1 is 1.27 bits per heavy atom. The van der Waals surface area contributed by atoms with Crippen LogP contribution >= 0.6 is 11.8 Å². The summed E-state index contributed by atoms with van der Waals surface area (Å²) in [4.78, 5) is 28.1. The Kier molecular flexibility index (Phi) is 6.98. The van der Waals surface area contributed by atoms with Gasteiger partial charge in [0.15, 0.2) is 0 Å². The molecule has 0 radical (unpaired) electrons. The smallest absolute Gasteiger partial charge is 0.234 e. The molecular weight excluding hydrogens is 300 g/mol. The van der Waals surface area contributed by atoms with Gasteiger partial charge in [0.05, 0.1) is 6.54 Å². The van der Waals surface area contributed by atoms with Gasteiger partial charge in [-0.3, -0.25) is 14.5 Å². The molecule has 0 aliphatic carbocycles. The van der Waals surface area contributed by atoms with Gasteiger partial charge in [-0.2, -0.15) is 11.8 Å². The standard InChI is InChI=1S/C15H28N4O2S/c1-12(2)17-14(20)10-18-4-6-19(7-5-18)15(21)9-13-11-22-8-3-16-13/h12-13,16H,3-11H2,1-2H3,(H,17,20). The Morgan fingerprint density at radius 2 is 2.00 bits per heavy atom. The predicted molar refractivity (Wildman–Crippen MR) is 90.0 cm³/mol. The summed E-state index contributed by atoms with van der Waals surface area (Å²) < 4.78 is 0. The van der Waals surface area contributed by atoms with Crippen molar-refractivity contribution in [2.24, 2.45) is 0 Å². The topological polar surface area (TPSA) is 64.7 Å². The second-order valence-corrected chi connectivity index (χ2v) is 7.46. The zero-order chi connectivity index (χ0) is 15.9. The minimum atomic E-state index is 0.0678. The highest BCUT2D eigenvalue weighted by Crippen LogP contribution is 2.12. The van der Waals surface area contributed by atoms with E-state index in [0.717, 1.165) is 44.2 Å². The fourth-order valence-electron chi connectivity index (χ4n) is 2.82. The Balaban J connectivity index is 1.67. The van der Waals surface area contributed by atoms with E-state index in [0.29, 0.717) is 19.0 Å². The van der Waals surface area contributed by atoms with Crippen LogP contribution in [0.25, 0.3) is 0 Å². The molecule has 0 aromatic heterocycles. The minimum absolute atomic E-state index is 0.0678. The lowest BCUT2D eigenvalue weighted by atomic mass is 10.2. The predicted octanol–water partition coefficient (Wildman–Crippen LogP) is -0.250. The van der Waals surface area contributed by atoms with Crippen molar-refractivity contribution in [1.29, 1.82) is 0 Å². The molecule has 2 aliphatic heterocycles. The number of nitrogens with zero attached hydrogens (tertiary/aromatic N) is 2. The summed E-state index contributed by atoms with van der Waals surface area (Å²) in [6.45, 7) is 8.38. The first kappa shape index (κ1) is 17.6. The van der Waals surface area contributed by atoms with Crippen LogP contribution in [0.2, 0.25) is 0 Å². The zero-order valence-electron chi connectivity index (χ0n) is 13.6. The summed E-state index contributed by atoms with van der Waals surface area (Å²) >= 11 is 1.92. The largest absolute Gasteiger partial charge is 0.353 e. The number of carbonyl (C=O) groups excluding carboxylic acids is 2. The van der Waals surface area contributed by atoms with Crippen molar-refractivity contribution in [3.05, 3.63) is 0 Å². The zero-order valence-corrected chi connectivity index (χ0v) is 14.5. The van der Waals surface area contributed by atoms with E-state index in [1.165, 1.54) is 0 Å². The van der Waals surface area contributed by atoms with E-state index in [9.17, 15) is 9.59 Å². The lowest BCUT2D eigenvalue weighted by Gasteiger charge is -2.35. The third-order valence-electron chi connectivity index (χ3n) is 3.96. The maximum atomic E-state index is 12.3. The highest BCUT2D eigenvalue weighted by Gasteiger charge is 2.25. The molecule has 2 rings (SSSR count). The Bertz CT molecular complexity index is 378. The highest BCUT2D eigenvalue weighted by atomic mass is 32.2. The van der Waals surface area contributed by atoms with Crippen molar-refractivity contribution in [3.8, 4) is 0 Å². The van der Waals surface area contributed by atoms with Gasteiger partial charge in [0.25, 0.3) is 0 Å². The van der Waals surface area contributed by atoms with Crippen LogP contribution in [-0.4, -0.2) is 84.5 Å². The molecule has 0 spiro atoms. The Hall–Kier alpha value is -0.790. The fourth-order valence-corrected chi connectivity index (χ4v) is 3.77. The summed E-state index contributed by atoms with van der Waals surface area (Å²) in [5.41, 5.74) is 0. The van der Waals surface area contributed by atoms with Gasteiger partial charge >= 0.3 is 0 Å². The minimum Gasteiger partial charge on any atom is -0.353 e. The van der Waals surface area contributed by atoms with Crippen molar-refractivity contribution in [3.63, 3.8) is 0 Å². The number of carbonyl (C=O) groups is 2. The van der Waals surface area contributed by atoms with E-state index in [1.54, 1.807) is 0 Å². The number of amides is 2. The van der Waals surface area contributed by atoms with Crippen LogP contribution in [0.15, 0.2) is 0 Å². The van der Waals surface area contributed by atoms with Crippen LogP contribution < -0.4 is 10.6 Å². The number of thioether (sulfide) groups is 1. The highest BCUT2D eigenvalue weighted by molar-refractivity contribution is 7.99. The van der Waals surface area contributed by atoms with E-state index >= 15 is 0 Å². The number of nitrogens with one attached hydrogen (secondary N) is 2. The molecule has 0 saturated carbocycles. The van der Waals surface area contributed by atoms with Gasteiger partial charge in [0.1, 0.15) is 0 Å². The van der Waals surface area contributed by atoms with Gasteiger partial charge in [0, 0.05) is 62.7 Å². The van der Waals surface area contributed by atoms with Crippen LogP contribution in [0.4, 0.5) is 0 Å². The molecule has 0 aromatic carbocycles. The summed E-state index contributed by atoms with van der Waals surface area (Å²) in [5, 5.41) is 6.32. The van der Waals surface area contributed by atoms with Crippen LogP contribution in [0.5, 0.6) is 0 Å². The third-order valence-corrected chi connectivity index (χ3v) is 5.09. The van der Waals surface area contributed by atoms with Crippen LogP contribution in [-0.2, 0) is 9.59 Å². The Morgan fingerprint density at radius 3 is 2.59 bits per heavy atom. The first-order valence-electron chi connectivity index (χ1n) is 8.15. The molecule has 0 bridgehead atoms. The number of piperazine rings is 1. The van der Waals surface area contributed by atoms with Gasteiger partial charge in [-0.15, -0.1) is 0 Å². The molecule has 2 saturated heterocycles. The Labute approximate surface area is 137 Å². The second-order valence-electron chi connectivity index (χ2n) is 6.31. The van der Waals surface area contributed by atoms with E-state index < -0.39 is 0 Å². The first-order chi connectivity index (χ1) is 10.5. The number of rotatable bonds is 5. The first-order valence-corrected chi connectivity index (χ1v) is 9.30. The molecular formula is C15H28N4O2S. The molecule has 2 aliphatic rings. The third kappa shape index (κ3) is 5.78. The maximum Gasteiger partial charge on any atom is 0.234 e. The molecule has 7 heteroatoms. The molecule has 1 unspecified atom stereocenters. The molecule has 126 valence electrons. The average molecular weight is 328 g/mol. The van der Waals surface area contributed by atoms with E-state index in [2.05, 4.69) is 15.5 Å². The molecule has 0 aromatic rings. The van der Waals surface area contributed by atoms with Crippen molar-refractivity contribution >= 4 is 23.6 Å². The van der Waals surface area contributed by atoms with Gasteiger partial charge < -0.3 is 15.5 Å². The molecule has 2 amide bonds. The van der Waals surface area contributed by atoms with Crippen molar-refractivity contribution in [1.82, 2.24) is 20.4 Å². The molecule has 2 heterocycles. The number of hydrogen-bond acceptors (Lipinski definition) is 5. The van der Waals surface area contributed by atoms with Gasteiger partial charge in [-0.1, -0.05) is 0 Å². The van der Waals surface area contributed by atoms with Crippen molar-refractivity contribution < 1.29 is 9.59 Å². The van der Waals surface area contributed by atoms with Crippen molar-refractivity contribution in [2.45, 2.75) is 32.4 Å². The van der Waals surface area contributed by atoms with Gasteiger partial charge in [-0.05, 0) is 13.8 Å². The summed E-state index contributed by atoms with van der Waals surface area (Å²) in [6.07, 6.45) is 0.598. The van der Waals surface area contributed by atoms with Crippen molar-refractivity contribution in [2.75, 3.05) is 50.8 Å².